The van der Waals surface area contributed by atoms with Crippen LogP contribution in [0.1, 0.15) is 36.8 Å². The number of phenols is 1. The van der Waals surface area contributed by atoms with Crippen LogP contribution >= 0.6 is 0 Å². The van der Waals surface area contributed by atoms with E-state index < -0.39 is 23.7 Å². The zero-order chi connectivity index (χ0) is 28.3. The molecule has 0 radical (unpaired) electrons. The van der Waals surface area contributed by atoms with Crippen LogP contribution in [0.5, 0.6) is 17.2 Å². The van der Waals surface area contributed by atoms with Crippen molar-refractivity contribution in [2.45, 2.75) is 32.2 Å². The zero-order valence-corrected chi connectivity index (χ0v) is 22.5. The van der Waals surface area contributed by atoms with Gasteiger partial charge >= 0.3 is 0 Å². The zero-order valence-electron chi connectivity index (χ0n) is 22.5. The molecule has 204 valence electrons. The second kappa shape index (κ2) is 9.62. The van der Waals surface area contributed by atoms with Crippen LogP contribution in [-0.4, -0.2) is 47.6 Å². The molecule has 2 amide bonds. The molecule has 2 aromatic rings. The van der Waals surface area contributed by atoms with Gasteiger partial charge in [0.1, 0.15) is 17.2 Å². The van der Waals surface area contributed by atoms with Crippen LogP contribution in [0.4, 0.5) is 0 Å². The molecule has 6 rings (SSSR count). The van der Waals surface area contributed by atoms with Gasteiger partial charge in [-0.1, -0.05) is 42.0 Å². The first kappa shape index (κ1) is 25.8. The first-order valence-electron chi connectivity index (χ1n) is 13.3. The van der Waals surface area contributed by atoms with Crippen LogP contribution in [0.2, 0.25) is 0 Å². The molecule has 1 fully saturated rings. The molecular weight excluding hydrogens is 510 g/mol. The van der Waals surface area contributed by atoms with Crippen LogP contribution in [0, 0.1) is 17.8 Å². The average Bonchev–Trinajstić information content (AvgIpc) is 3.20. The molecule has 0 unspecified atom stereocenters. The number of hydrogen-bond acceptors (Lipinski definition) is 7. The quantitative estimate of drug-likeness (QED) is 0.347. The van der Waals surface area contributed by atoms with E-state index in [0.29, 0.717) is 40.2 Å². The Bertz CT molecular complexity index is 1540. The number of allylic oxidation sites excluding steroid dienone is 6. The van der Waals surface area contributed by atoms with Gasteiger partial charge in [0, 0.05) is 40.3 Å². The van der Waals surface area contributed by atoms with E-state index in [1.165, 1.54) is 37.3 Å². The van der Waals surface area contributed by atoms with Gasteiger partial charge in [-0.25, -0.2) is 0 Å². The molecule has 4 atom stereocenters. The number of hydrogen-bond donors (Lipinski definition) is 1. The number of imide groups is 1. The van der Waals surface area contributed by atoms with E-state index in [0.717, 1.165) is 11.1 Å². The topological polar surface area (TPSA) is 110 Å². The van der Waals surface area contributed by atoms with E-state index in [1.807, 2.05) is 36.4 Å². The molecule has 1 N–H and O–H groups in total. The van der Waals surface area contributed by atoms with Crippen molar-refractivity contribution in [2.75, 3.05) is 14.2 Å². The standard InChI is InChI=1S/C32H29NO7/c1-16-11-23(35)22-14-21-19(27(28(22)30(16)36)29-24(39-2)12-18(34)13-25(29)40-3)9-10-20-26(21)32(38)33(31(20)37)15-17-7-5-4-6-8-17/h4-9,11-13,20-21,26-27,34H,10,14-15H2,1-3H3/t20-,21+,26-,27-/m0/s1. The third kappa shape index (κ3) is 3.81. The maximum absolute atomic E-state index is 13.9. The largest absolute Gasteiger partial charge is 0.508 e. The van der Waals surface area contributed by atoms with Crippen LogP contribution in [0.3, 0.4) is 0 Å². The van der Waals surface area contributed by atoms with E-state index in [2.05, 4.69) is 0 Å². The Kier molecular flexibility index (Phi) is 6.21. The maximum Gasteiger partial charge on any atom is 0.234 e. The predicted octanol–water partition coefficient (Wildman–Crippen LogP) is 4.04. The number of rotatable bonds is 5. The lowest BCUT2D eigenvalue weighted by Gasteiger charge is -2.42. The molecule has 0 spiro atoms. The van der Waals surface area contributed by atoms with Crippen molar-refractivity contribution in [3.8, 4) is 17.2 Å². The van der Waals surface area contributed by atoms with E-state index in [9.17, 15) is 24.3 Å². The Balaban J connectivity index is 1.50. The first-order valence-corrected chi connectivity index (χ1v) is 13.3. The summed E-state index contributed by atoms with van der Waals surface area (Å²) in [6.45, 7) is 1.80. The molecule has 0 aromatic heterocycles. The van der Waals surface area contributed by atoms with E-state index >= 15 is 0 Å². The number of ether oxygens (including phenoxy) is 2. The summed E-state index contributed by atoms with van der Waals surface area (Å²) >= 11 is 0. The average molecular weight is 540 g/mol. The summed E-state index contributed by atoms with van der Waals surface area (Å²) in [5.41, 5.74) is 3.17. The lowest BCUT2D eigenvalue weighted by molar-refractivity contribution is -0.140. The summed E-state index contributed by atoms with van der Waals surface area (Å²) in [5, 5.41) is 10.3. The normalized spacial score (nSPS) is 25.7. The van der Waals surface area contributed by atoms with E-state index in [-0.39, 0.29) is 42.1 Å². The van der Waals surface area contributed by atoms with Crippen LogP contribution < -0.4 is 9.47 Å². The second-order valence-electron chi connectivity index (χ2n) is 10.7. The first-order chi connectivity index (χ1) is 19.2. The molecule has 3 aliphatic carbocycles. The number of nitrogens with zero attached hydrogens (tertiary/aromatic N) is 1. The van der Waals surface area contributed by atoms with Crippen molar-refractivity contribution in [2.24, 2.45) is 17.8 Å². The number of carbonyl (C=O) groups is 4. The van der Waals surface area contributed by atoms with Gasteiger partial charge in [-0.15, -0.1) is 0 Å². The van der Waals surface area contributed by atoms with Gasteiger partial charge in [0.2, 0.25) is 11.8 Å². The number of benzene rings is 2. The van der Waals surface area contributed by atoms with E-state index in [1.54, 1.807) is 6.92 Å². The molecule has 2 aromatic carbocycles. The third-order valence-corrected chi connectivity index (χ3v) is 8.66. The number of methoxy groups -OCH3 is 2. The van der Waals surface area contributed by atoms with Gasteiger partial charge in [-0.2, -0.15) is 0 Å². The summed E-state index contributed by atoms with van der Waals surface area (Å²) in [7, 11) is 2.91. The van der Waals surface area contributed by atoms with Gasteiger partial charge < -0.3 is 14.6 Å². The number of likely N-dealkylation sites (tertiary alicyclic amines) is 1. The molecule has 40 heavy (non-hydrogen) atoms. The second-order valence-corrected chi connectivity index (χ2v) is 10.7. The highest BCUT2D eigenvalue weighted by atomic mass is 16.5. The number of aromatic hydroxyl groups is 1. The molecule has 0 saturated carbocycles. The van der Waals surface area contributed by atoms with Gasteiger partial charge in [0.25, 0.3) is 0 Å². The number of Topliss-reactive ketones (excluding diaryl/α,β-unsaturated/α-hetero) is 1. The fourth-order valence-electron chi connectivity index (χ4n) is 6.89. The van der Waals surface area contributed by atoms with Gasteiger partial charge in [0.15, 0.2) is 11.6 Å². The highest BCUT2D eigenvalue weighted by Gasteiger charge is 2.56. The van der Waals surface area contributed by atoms with Crippen molar-refractivity contribution in [1.82, 2.24) is 4.90 Å². The summed E-state index contributed by atoms with van der Waals surface area (Å²) in [4.78, 5) is 55.8. The fraction of sp³-hybridized carbons (Fsp3) is 0.312. The Morgan fingerprint density at radius 3 is 2.27 bits per heavy atom. The third-order valence-electron chi connectivity index (χ3n) is 8.66. The fourth-order valence-corrected chi connectivity index (χ4v) is 6.89. The minimum Gasteiger partial charge on any atom is -0.508 e. The van der Waals surface area contributed by atoms with Crippen LogP contribution in [0.25, 0.3) is 0 Å². The molecule has 1 aliphatic heterocycles. The molecule has 1 saturated heterocycles. The lowest BCUT2D eigenvalue weighted by atomic mass is 9.59. The van der Waals surface area contributed by atoms with Gasteiger partial charge in [0.05, 0.1) is 32.6 Å². The Labute approximate surface area is 231 Å². The predicted molar refractivity (Wildman–Crippen MR) is 145 cm³/mol. The number of amides is 2. The van der Waals surface area contributed by atoms with Crippen LogP contribution in [-0.2, 0) is 25.7 Å². The Hall–Kier alpha value is -4.46. The monoisotopic (exact) mass is 539 g/mol. The Morgan fingerprint density at radius 1 is 0.950 bits per heavy atom. The molecular formula is C32H29NO7. The van der Waals surface area contributed by atoms with Crippen molar-refractivity contribution in [1.29, 1.82) is 0 Å². The summed E-state index contributed by atoms with van der Waals surface area (Å²) in [6, 6.07) is 12.3. The highest BCUT2D eigenvalue weighted by molar-refractivity contribution is 6.24. The maximum atomic E-state index is 13.9. The molecule has 4 aliphatic rings. The van der Waals surface area contributed by atoms with Crippen molar-refractivity contribution < 1.29 is 33.8 Å². The van der Waals surface area contributed by atoms with Crippen molar-refractivity contribution in [3.05, 3.63) is 88.0 Å². The van der Waals surface area contributed by atoms with E-state index in [4.69, 9.17) is 9.47 Å². The summed E-state index contributed by atoms with van der Waals surface area (Å²) < 4.78 is 11.3. The molecule has 1 heterocycles. The highest BCUT2D eigenvalue weighted by Crippen LogP contribution is 2.58. The number of fused-ring (bicyclic) bond motifs is 3. The lowest BCUT2D eigenvalue weighted by Crippen LogP contribution is -2.40. The molecule has 0 bridgehead atoms. The van der Waals surface area contributed by atoms with Crippen molar-refractivity contribution >= 4 is 23.4 Å². The number of carbonyl (C=O) groups excluding carboxylic acids is 4. The molecule has 8 nitrogen and oxygen atoms in total. The summed E-state index contributed by atoms with van der Waals surface area (Å²) in [5.74, 6) is -2.89. The smallest absolute Gasteiger partial charge is 0.234 e. The SMILES string of the molecule is COc1cc(O)cc(OC)c1[C@H]1C2=CC[C@@H]3C(=O)N(Cc4ccccc4)C(=O)[C@@H]3[C@@H]2CC2=C1C(=O)C(C)=CC2=O. The minimum absolute atomic E-state index is 0.0769. The number of phenolic OH excluding ortho intramolecular Hbond substituents is 1. The number of ketones is 2. The van der Waals surface area contributed by atoms with Crippen LogP contribution in [0.15, 0.2) is 76.9 Å². The van der Waals surface area contributed by atoms with Crippen molar-refractivity contribution in [3.63, 3.8) is 0 Å². The summed E-state index contributed by atoms with van der Waals surface area (Å²) in [6.07, 6.45) is 3.83. The van der Waals surface area contributed by atoms with Gasteiger partial charge in [-0.3, -0.25) is 24.1 Å². The molecule has 8 heteroatoms. The minimum atomic E-state index is -0.744. The Morgan fingerprint density at radius 2 is 1.62 bits per heavy atom. The van der Waals surface area contributed by atoms with Gasteiger partial charge in [-0.05, 0) is 37.3 Å².